The van der Waals surface area contributed by atoms with Gasteiger partial charge < -0.3 is 5.32 Å². The number of hydrogen-bond donors (Lipinski definition) is 1. The molecular weight excluding hydrogens is 414 g/mol. The van der Waals surface area contributed by atoms with Crippen molar-refractivity contribution < 1.29 is 4.79 Å². The topological polar surface area (TPSA) is 45.2 Å². The Bertz CT molecular complexity index is 1040. The highest BCUT2D eigenvalue weighted by Gasteiger charge is 2.15. The van der Waals surface area contributed by atoms with Crippen LogP contribution in [0.5, 0.6) is 0 Å². The second-order valence-electron chi connectivity index (χ2n) is 7.50. The summed E-state index contributed by atoms with van der Waals surface area (Å²) in [6.45, 7) is 7.27. The Balaban J connectivity index is 1.59. The SMILES string of the molecule is Cc1c(Br)cccc1C(=O)Nc1ccc2cc(CN3CCCC3)cnc2c1C. The van der Waals surface area contributed by atoms with Gasteiger partial charge in [-0.25, -0.2) is 0 Å². The van der Waals surface area contributed by atoms with Gasteiger partial charge in [0.2, 0.25) is 0 Å². The summed E-state index contributed by atoms with van der Waals surface area (Å²) in [5.74, 6) is -0.105. The molecule has 0 spiro atoms. The van der Waals surface area contributed by atoms with Crippen molar-refractivity contribution in [2.75, 3.05) is 18.4 Å². The summed E-state index contributed by atoms with van der Waals surface area (Å²) >= 11 is 3.49. The van der Waals surface area contributed by atoms with Crippen LogP contribution in [0.25, 0.3) is 10.9 Å². The number of fused-ring (bicyclic) bond motifs is 1. The van der Waals surface area contributed by atoms with Gasteiger partial charge in [0.25, 0.3) is 5.91 Å². The number of aromatic nitrogens is 1. The molecule has 0 aliphatic carbocycles. The number of aryl methyl sites for hydroxylation is 1. The van der Waals surface area contributed by atoms with Crippen molar-refractivity contribution in [1.82, 2.24) is 9.88 Å². The van der Waals surface area contributed by atoms with Gasteiger partial charge in [0.1, 0.15) is 0 Å². The number of likely N-dealkylation sites (tertiary alicyclic amines) is 1. The van der Waals surface area contributed by atoms with Gasteiger partial charge in [-0.1, -0.05) is 28.1 Å². The van der Waals surface area contributed by atoms with Gasteiger partial charge in [0.05, 0.1) is 5.52 Å². The van der Waals surface area contributed by atoms with E-state index in [0.29, 0.717) is 5.56 Å². The first-order chi connectivity index (χ1) is 13.5. The predicted octanol–water partition coefficient (Wildman–Crippen LogP) is 5.46. The zero-order valence-electron chi connectivity index (χ0n) is 16.3. The van der Waals surface area contributed by atoms with Crippen LogP contribution in [0.2, 0.25) is 0 Å². The average molecular weight is 438 g/mol. The second-order valence-corrected chi connectivity index (χ2v) is 8.36. The highest BCUT2D eigenvalue weighted by atomic mass is 79.9. The van der Waals surface area contributed by atoms with E-state index in [4.69, 9.17) is 4.98 Å². The largest absolute Gasteiger partial charge is 0.322 e. The number of benzene rings is 2. The Morgan fingerprint density at radius 1 is 1.14 bits per heavy atom. The van der Waals surface area contributed by atoms with E-state index in [1.54, 1.807) is 0 Å². The molecule has 144 valence electrons. The molecule has 0 saturated carbocycles. The molecule has 28 heavy (non-hydrogen) atoms. The Hall–Kier alpha value is -2.24. The molecule has 0 unspecified atom stereocenters. The molecule has 1 aliphatic rings. The molecule has 5 heteroatoms. The van der Waals surface area contributed by atoms with Gasteiger partial charge in [-0.05, 0) is 80.7 Å². The summed E-state index contributed by atoms with van der Waals surface area (Å²) in [5, 5.41) is 4.17. The minimum absolute atomic E-state index is 0.105. The van der Waals surface area contributed by atoms with Crippen LogP contribution >= 0.6 is 15.9 Å². The number of halogens is 1. The van der Waals surface area contributed by atoms with Gasteiger partial charge in [-0.2, -0.15) is 0 Å². The summed E-state index contributed by atoms with van der Waals surface area (Å²) in [7, 11) is 0. The fraction of sp³-hybridized carbons (Fsp3) is 0.304. The second kappa shape index (κ2) is 8.02. The maximum atomic E-state index is 12.8. The van der Waals surface area contributed by atoms with Crippen molar-refractivity contribution in [3.8, 4) is 0 Å². The predicted molar refractivity (Wildman–Crippen MR) is 118 cm³/mol. The number of pyridine rings is 1. The van der Waals surface area contributed by atoms with Crippen LogP contribution in [0.4, 0.5) is 5.69 Å². The molecule has 4 nitrogen and oxygen atoms in total. The zero-order chi connectivity index (χ0) is 19.7. The lowest BCUT2D eigenvalue weighted by Crippen LogP contribution is -2.18. The van der Waals surface area contributed by atoms with E-state index in [9.17, 15) is 4.79 Å². The first-order valence-electron chi connectivity index (χ1n) is 9.70. The van der Waals surface area contributed by atoms with Gasteiger partial charge in [0, 0.05) is 33.9 Å². The van der Waals surface area contributed by atoms with E-state index in [-0.39, 0.29) is 5.91 Å². The summed E-state index contributed by atoms with van der Waals surface area (Å²) in [4.78, 5) is 20.0. The van der Waals surface area contributed by atoms with Crippen LogP contribution in [0.1, 0.15) is 39.9 Å². The quantitative estimate of drug-likeness (QED) is 0.588. The van der Waals surface area contributed by atoms with E-state index in [1.807, 2.05) is 50.4 Å². The Kier molecular flexibility index (Phi) is 5.47. The molecular formula is C23H24BrN3O. The molecule has 0 bridgehead atoms. The molecule has 1 aliphatic heterocycles. The lowest BCUT2D eigenvalue weighted by atomic mass is 10.1. The lowest BCUT2D eigenvalue weighted by molar-refractivity contribution is 0.102. The molecule has 1 amide bonds. The van der Waals surface area contributed by atoms with Crippen LogP contribution in [-0.4, -0.2) is 28.9 Å². The molecule has 1 fully saturated rings. The van der Waals surface area contributed by atoms with Gasteiger partial charge in [-0.3, -0.25) is 14.7 Å². The van der Waals surface area contributed by atoms with Crippen LogP contribution in [0.3, 0.4) is 0 Å². The van der Waals surface area contributed by atoms with Crippen molar-refractivity contribution in [3.05, 3.63) is 69.3 Å². The minimum Gasteiger partial charge on any atom is -0.322 e. The smallest absolute Gasteiger partial charge is 0.255 e. The number of nitrogens with one attached hydrogen (secondary N) is 1. The van der Waals surface area contributed by atoms with E-state index < -0.39 is 0 Å². The third-order valence-electron chi connectivity index (χ3n) is 5.53. The molecule has 2 aromatic carbocycles. The fourth-order valence-electron chi connectivity index (χ4n) is 3.86. The number of carbonyl (C=O) groups is 1. The van der Waals surface area contributed by atoms with Crippen LogP contribution < -0.4 is 5.32 Å². The molecule has 4 rings (SSSR count). The fourth-order valence-corrected chi connectivity index (χ4v) is 4.22. The first kappa shape index (κ1) is 19.1. The van der Waals surface area contributed by atoms with Crippen molar-refractivity contribution >= 4 is 38.4 Å². The average Bonchev–Trinajstić information content (AvgIpc) is 3.19. The van der Waals surface area contributed by atoms with Gasteiger partial charge >= 0.3 is 0 Å². The van der Waals surface area contributed by atoms with Crippen molar-refractivity contribution in [2.24, 2.45) is 0 Å². The summed E-state index contributed by atoms with van der Waals surface area (Å²) in [6.07, 6.45) is 4.55. The van der Waals surface area contributed by atoms with Crippen LogP contribution in [0.15, 0.2) is 47.1 Å². The van der Waals surface area contributed by atoms with Gasteiger partial charge in [-0.15, -0.1) is 0 Å². The van der Waals surface area contributed by atoms with E-state index >= 15 is 0 Å². The summed E-state index contributed by atoms with van der Waals surface area (Å²) in [5.41, 5.74) is 5.58. The molecule has 0 radical (unpaired) electrons. The monoisotopic (exact) mass is 437 g/mol. The van der Waals surface area contributed by atoms with Gasteiger partial charge in [0.15, 0.2) is 0 Å². The number of hydrogen-bond acceptors (Lipinski definition) is 3. The summed E-state index contributed by atoms with van der Waals surface area (Å²) in [6, 6.07) is 11.9. The number of carbonyl (C=O) groups excluding carboxylic acids is 1. The number of nitrogens with zero attached hydrogens (tertiary/aromatic N) is 2. The molecule has 1 N–H and O–H groups in total. The molecule has 1 saturated heterocycles. The molecule has 1 aromatic heterocycles. The summed E-state index contributed by atoms with van der Waals surface area (Å²) < 4.78 is 0.933. The minimum atomic E-state index is -0.105. The third kappa shape index (κ3) is 3.82. The normalized spacial score (nSPS) is 14.5. The van der Waals surface area contributed by atoms with Crippen molar-refractivity contribution in [3.63, 3.8) is 0 Å². The van der Waals surface area contributed by atoms with Crippen LogP contribution in [0, 0.1) is 13.8 Å². The Morgan fingerprint density at radius 3 is 2.71 bits per heavy atom. The third-order valence-corrected chi connectivity index (χ3v) is 6.39. The maximum Gasteiger partial charge on any atom is 0.255 e. The van der Waals surface area contributed by atoms with E-state index in [2.05, 4.69) is 32.2 Å². The Morgan fingerprint density at radius 2 is 1.93 bits per heavy atom. The highest BCUT2D eigenvalue weighted by molar-refractivity contribution is 9.10. The maximum absolute atomic E-state index is 12.8. The molecule has 2 heterocycles. The number of anilines is 1. The molecule has 3 aromatic rings. The number of rotatable bonds is 4. The Labute approximate surface area is 174 Å². The highest BCUT2D eigenvalue weighted by Crippen LogP contribution is 2.27. The van der Waals surface area contributed by atoms with E-state index in [0.717, 1.165) is 38.7 Å². The van der Waals surface area contributed by atoms with E-state index in [1.165, 1.54) is 31.5 Å². The van der Waals surface area contributed by atoms with Crippen molar-refractivity contribution in [2.45, 2.75) is 33.2 Å². The number of amides is 1. The first-order valence-corrected chi connectivity index (χ1v) is 10.5. The zero-order valence-corrected chi connectivity index (χ0v) is 17.8. The van der Waals surface area contributed by atoms with Crippen molar-refractivity contribution in [1.29, 1.82) is 0 Å². The molecule has 0 atom stereocenters. The van der Waals surface area contributed by atoms with Crippen LogP contribution in [-0.2, 0) is 6.54 Å². The standard InChI is InChI=1S/C23H24BrN3O/c1-15-19(6-5-7-20(15)24)23(28)26-21-9-8-18-12-17(13-25-22(18)16(21)2)14-27-10-3-4-11-27/h5-9,12-13H,3-4,10-11,14H2,1-2H3,(H,26,28). The lowest BCUT2D eigenvalue weighted by Gasteiger charge is -2.16.